The molecular weight excluding hydrogens is 366 g/mol. The Morgan fingerprint density at radius 2 is 1.69 bits per heavy atom. The van der Waals surface area contributed by atoms with Gasteiger partial charge in [0.25, 0.3) is 0 Å². The Kier molecular flexibility index (Phi) is 10.6. The minimum Gasteiger partial charge on any atom is -0.478 e. The largest absolute Gasteiger partial charge is 0.478 e. The number of carbonyl (C=O) groups excluding carboxylic acids is 1. The molecule has 0 aliphatic rings. The van der Waals surface area contributed by atoms with Gasteiger partial charge in [0.05, 0.1) is 30.5 Å². The summed E-state index contributed by atoms with van der Waals surface area (Å²) in [6, 6.07) is 11.5. The van der Waals surface area contributed by atoms with Crippen molar-refractivity contribution in [3.8, 4) is 11.6 Å². The molecule has 0 aliphatic carbocycles. The van der Waals surface area contributed by atoms with Crippen molar-refractivity contribution in [3.05, 3.63) is 48.0 Å². The van der Waals surface area contributed by atoms with Gasteiger partial charge in [0.15, 0.2) is 0 Å². The van der Waals surface area contributed by atoms with Crippen molar-refractivity contribution in [1.82, 2.24) is 9.78 Å². The number of hydrogen-bond acceptors (Lipinski definition) is 4. The molecule has 0 bridgehead atoms. The number of ether oxygens (including phenoxy) is 2. The second-order valence-electron chi connectivity index (χ2n) is 7.00. The van der Waals surface area contributed by atoms with Crippen LogP contribution in [0.5, 0.6) is 5.88 Å². The molecule has 1 amide bonds. The summed E-state index contributed by atoms with van der Waals surface area (Å²) in [5.41, 5.74) is 0.885. The Morgan fingerprint density at radius 3 is 2.45 bits per heavy atom. The normalized spacial score (nSPS) is 11.4. The van der Waals surface area contributed by atoms with Crippen molar-refractivity contribution >= 4 is 6.09 Å². The minimum atomic E-state index is -0.586. The molecule has 6 heteroatoms. The molecule has 0 fully saturated rings. The highest BCUT2D eigenvalue weighted by atomic mass is 16.5. The molecule has 0 N–H and O–H groups in total. The number of rotatable bonds is 12. The van der Waals surface area contributed by atoms with Gasteiger partial charge in [0.1, 0.15) is 0 Å². The van der Waals surface area contributed by atoms with Crippen LogP contribution in [0.4, 0.5) is 4.79 Å². The standard InChI is InChI=1S/C23H33N3O3/c1-3-5-7-8-9-13-17-29-23(27)25-20-18-22(28-16-6-4-2)26(24-19-20)21-14-11-10-12-15-21/h10-12,14-15,18-19H,3-9,13,16-17H2,1-2H3/b25-20+. The summed E-state index contributed by atoms with van der Waals surface area (Å²) in [4.78, 5) is 16.0. The van der Waals surface area contributed by atoms with Gasteiger partial charge in [0, 0.05) is 6.07 Å². The van der Waals surface area contributed by atoms with Gasteiger partial charge in [-0.2, -0.15) is 10.1 Å². The van der Waals surface area contributed by atoms with Crippen molar-refractivity contribution < 1.29 is 14.3 Å². The minimum absolute atomic E-state index is 0.401. The highest BCUT2D eigenvalue weighted by Gasteiger charge is 2.07. The number of aromatic nitrogens is 2. The predicted octanol–water partition coefficient (Wildman–Crippen LogP) is 5.45. The van der Waals surface area contributed by atoms with E-state index in [9.17, 15) is 4.79 Å². The first kappa shape index (κ1) is 22.7. The van der Waals surface area contributed by atoms with Crippen LogP contribution in [0.1, 0.15) is 65.2 Å². The number of nitrogens with zero attached hydrogens (tertiary/aromatic N) is 3. The highest BCUT2D eigenvalue weighted by molar-refractivity contribution is 5.68. The van der Waals surface area contributed by atoms with Gasteiger partial charge in [-0.15, -0.1) is 0 Å². The number of amides is 1. The van der Waals surface area contributed by atoms with E-state index in [1.165, 1.54) is 25.7 Å². The Bertz CT molecular complexity index is 787. The van der Waals surface area contributed by atoms with Gasteiger partial charge in [0.2, 0.25) is 5.88 Å². The molecule has 6 nitrogen and oxygen atoms in total. The van der Waals surface area contributed by atoms with Gasteiger partial charge >= 0.3 is 6.09 Å². The number of unbranched alkanes of at least 4 members (excludes halogenated alkanes) is 6. The Balaban J connectivity index is 2.00. The monoisotopic (exact) mass is 399 g/mol. The predicted molar refractivity (Wildman–Crippen MR) is 114 cm³/mol. The van der Waals surface area contributed by atoms with Crippen LogP contribution in [-0.2, 0) is 4.74 Å². The molecule has 2 rings (SSSR count). The number of para-hydroxylation sites is 1. The number of carbonyl (C=O) groups is 1. The first-order valence-electron chi connectivity index (χ1n) is 10.7. The second-order valence-corrected chi connectivity index (χ2v) is 7.00. The van der Waals surface area contributed by atoms with E-state index in [2.05, 4.69) is 23.9 Å². The van der Waals surface area contributed by atoms with Gasteiger partial charge in [-0.25, -0.2) is 9.48 Å². The van der Waals surface area contributed by atoms with E-state index in [4.69, 9.17) is 9.47 Å². The van der Waals surface area contributed by atoms with Gasteiger partial charge in [-0.1, -0.05) is 70.6 Å². The van der Waals surface area contributed by atoms with Gasteiger partial charge < -0.3 is 9.47 Å². The Morgan fingerprint density at radius 1 is 0.966 bits per heavy atom. The van der Waals surface area contributed by atoms with E-state index >= 15 is 0 Å². The highest BCUT2D eigenvalue weighted by Crippen LogP contribution is 2.14. The summed E-state index contributed by atoms with van der Waals surface area (Å²) >= 11 is 0. The topological polar surface area (TPSA) is 65.7 Å². The van der Waals surface area contributed by atoms with Crippen molar-refractivity contribution in [2.24, 2.45) is 4.99 Å². The molecule has 0 saturated carbocycles. The lowest BCUT2D eigenvalue weighted by atomic mass is 10.1. The quantitative estimate of drug-likeness (QED) is 0.445. The van der Waals surface area contributed by atoms with E-state index in [0.29, 0.717) is 24.5 Å². The zero-order chi connectivity index (χ0) is 20.7. The molecule has 29 heavy (non-hydrogen) atoms. The molecule has 0 atom stereocenters. The van der Waals surface area contributed by atoms with E-state index in [1.54, 1.807) is 16.9 Å². The Hall–Kier alpha value is -2.63. The summed E-state index contributed by atoms with van der Waals surface area (Å²) < 4.78 is 12.8. The molecule has 1 aromatic heterocycles. The summed E-state index contributed by atoms with van der Waals surface area (Å²) in [5, 5.41) is 4.84. The lowest BCUT2D eigenvalue weighted by Gasteiger charge is -2.13. The number of hydrogen-bond donors (Lipinski definition) is 0. The fourth-order valence-corrected chi connectivity index (χ4v) is 2.83. The third-order valence-corrected chi connectivity index (χ3v) is 4.48. The molecule has 0 radical (unpaired) electrons. The molecule has 158 valence electrons. The smallest absolute Gasteiger partial charge is 0.434 e. The third-order valence-electron chi connectivity index (χ3n) is 4.48. The maximum absolute atomic E-state index is 12.0. The van der Waals surface area contributed by atoms with Crippen LogP contribution < -0.4 is 10.1 Å². The van der Waals surface area contributed by atoms with Crippen molar-refractivity contribution in [1.29, 1.82) is 0 Å². The first-order chi connectivity index (χ1) is 14.2. The third kappa shape index (κ3) is 8.50. The van der Waals surface area contributed by atoms with E-state index in [1.807, 2.05) is 30.3 Å². The fraction of sp³-hybridized carbons (Fsp3) is 0.522. The fourth-order valence-electron chi connectivity index (χ4n) is 2.83. The molecule has 2 aromatic rings. The second kappa shape index (κ2) is 13.5. The molecule has 0 spiro atoms. The Labute approximate surface area is 173 Å². The van der Waals surface area contributed by atoms with Crippen LogP contribution in [-0.4, -0.2) is 29.1 Å². The molecule has 0 saturated heterocycles. The van der Waals surface area contributed by atoms with Crippen LogP contribution in [0.3, 0.4) is 0 Å². The summed E-state index contributed by atoms with van der Waals surface area (Å²) in [6.07, 6.45) is 9.81. The maximum Gasteiger partial charge on any atom is 0.434 e. The van der Waals surface area contributed by atoms with Crippen molar-refractivity contribution in [2.45, 2.75) is 65.2 Å². The first-order valence-corrected chi connectivity index (χ1v) is 10.7. The zero-order valence-corrected chi connectivity index (χ0v) is 17.7. The summed E-state index contributed by atoms with van der Waals surface area (Å²) in [6.45, 7) is 5.29. The maximum atomic E-state index is 12.0. The van der Waals surface area contributed by atoms with Crippen molar-refractivity contribution in [2.75, 3.05) is 13.2 Å². The SMILES string of the molecule is CCCCCCCCOC(=O)/N=c1/cnn(-c2ccccc2)c(OCCCC)c1. The van der Waals surface area contributed by atoms with E-state index < -0.39 is 6.09 Å². The lowest BCUT2D eigenvalue weighted by Crippen LogP contribution is -2.16. The van der Waals surface area contributed by atoms with Crippen LogP contribution in [0, 0.1) is 0 Å². The van der Waals surface area contributed by atoms with Crippen LogP contribution >= 0.6 is 0 Å². The van der Waals surface area contributed by atoms with Gasteiger partial charge in [-0.05, 0) is 25.0 Å². The average molecular weight is 400 g/mol. The van der Waals surface area contributed by atoms with E-state index in [0.717, 1.165) is 31.4 Å². The number of benzene rings is 1. The van der Waals surface area contributed by atoms with E-state index in [-0.39, 0.29) is 0 Å². The zero-order valence-electron chi connectivity index (χ0n) is 17.7. The van der Waals surface area contributed by atoms with Crippen molar-refractivity contribution in [3.63, 3.8) is 0 Å². The lowest BCUT2D eigenvalue weighted by molar-refractivity contribution is 0.154. The molecule has 1 heterocycles. The van der Waals surface area contributed by atoms with Gasteiger partial charge in [-0.3, -0.25) is 0 Å². The average Bonchev–Trinajstić information content (AvgIpc) is 2.74. The van der Waals surface area contributed by atoms with Crippen LogP contribution in [0.15, 0.2) is 47.6 Å². The molecular formula is C23H33N3O3. The molecule has 0 aliphatic heterocycles. The summed E-state index contributed by atoms with van der Waals surface area (Å²) in [7, 11) is 0. The van der Waals surface area contributed by atoms with Crippen LogP contribution in [0.2, 0.25) is 0 Å². The molecule has 1 aromatic carbocycles. The van der Waals surface area contributed by atoms with Crippen LogP contribution in [0.25, 0.3) is 5.69 Å². The summed E-state index contributed by atoms with van der Waals surface area (Å²) in [5.74, 6) is 0.551. The molecule has 0 unspecified atom stereocenters.